The molecule has 1 heterocycles. The maximum absolute atomic E-state index is 13.0. The third kappa shape index (κ3) is 4.34. The lowest BCUT2D eigenvalue weighted by molar-refractivity contribution is 0.168. The van der Waals surface area contributed by atoms with Crippen LogP contribution >= 0.6 is 0 Å². The standard InChI is InChI=1S/C16H24FN3O2/c1-19(16(21)18-9-12-22-2)14-7-10-20(11-8-14)15-5-3-13(17)4-6-15/h3-6,14H,7-12H2,1-2H3,(H,18,21). The summed E-state index contributed by atoms with van der Waals surface area (Å²) in [6.07, 6.45) is 1.82. The third-order valence-corrected chi connectivity index (χ3v) is 4.11. The summed E-state index contributed by atoms with van der Waals surface area (Å²) >= 11 is 0. The molecule has 5 nitrogen and oxygen atoms in total. The van der Waals surface area contributed by atoms with Crippen LogP contribution < -0.4 is 10.2 Å². The number of carbonyl (C=O) groups is 1. The van der Waals surface area contributed by atoms with Crippen LogP contribution in [0.2, 0.25) is 0 Å². The summed E-state index contributed by atoms with van der Waals surface area (Å²) in [5.41, 5.74) is 1.03. The summed E-state index contributed by atoms with van der Waals surface area (Å²) in [6, 6.07) is 6.75. The van der Waals surface area contributed by atoms with Gasteiger partial charge in [0.05, 0.1) is 6.61 Å². The molecule has 0 unspecified atom stereocenters. The second-order valence-corrected chi connectivity index (χ2v) is 5.53. The Bertz CT molecular complexity index is 473. The Morgan fingerprint density at radius 2 is 2.00 bits per heavy atom. The number of rotatable bonds is 5. The van der Waals surface area contributed by atoms with Gasteiger partial charge in [-0.15, -0.1) is 0 Å². The first kappa shape index (κ1) is 16.5. The van der Waals surface area contributed by atoms with E-state index < -0.39 is 0 Å². The van der Waals surface area contributed by atoms with Gasteiger partial charge in [0.15, 0.2) is 0 Å². The van der Waals surface area contributed by atoms with Gasteiger partial charge in [0, 0.05) is 45.5 Å². The SMILES string of the molecule is COCCNC(=O)N(C)C1CCN(c2ccc(F)cc2)CC1. The highest BCUT2D eigenvalue weighted by Gasteiger charge is 2.25. The van der Waals surface area contributed by atoms with Crippen LogP contribution in [0.3, 0.4) is 0 Å². The van der Waals surface area contributed by atoms with Crippen LogP contribution in [0.5, 0.6) is 0 Å². The number of ether oxygens (including phenoxy) is 1. The molecule has 1 N–H and O–H groups in total. The Labute approximate surface area is 131 Å². The normalized spacial score (nSPS) is 15.7. The number of carbonyl (C=O) groups excluding carboxylic acids is 1. The fourth-order valence-corrected chi connectivity index (χ4v) is 2.71. The van der Waals surface area contributed by atoms with E-state index in [9.17, 15) is 9.18 Å². The van der Waals surface area contributed by atoms with E-state index >= 15 is 0 Å². The van der Waals surface area contributed by atoms with Crippen LogP contribution in [0.1, 0.15) is 12.8 Å². The van der Waals surface area contributed by atoms with Crippen molar-refractivity contribution < 1.29 is 13.9 Å². The van der Waals surface area contributed by atoms with Crippen molar-refractivity contribution in [1.29, 1.82) is 0 Å². The van der Waals surface area contributed by atoms with Gasteiger partial charge in [-0.1, -0.05) is 0 Å². The number of piperidine rings is 1. The Morgan fingerprint density at radius 3 is 2.59 bits per heavy atom. The zero-order valence-corrected chi connectivity index (χ0v) is 13.2. The molecule has 1 aromatic rings. The van der Waals surface area contributed by atoms with Crippen molar-refractivity contribution in [2.45, 2.75) is 18.9 Å². The Balaban J connectivity index is 1.81. The number of amides is 2. The maximum atomic E-state index is 13.0. The molecule has 0 atom stereocenters. The van der Waals surface area contributed by atoms with E-state index in [0.717, 1.165) is 31.6 Å². The molecule has 0 bridgehead atoms. The predicted molar refractivity (Wildman–Crippen MR) is 84.7 cm³/mol. The lowest BCUT2D eigenvalue weighted by Gasteiger charge is -2.37. The molecule has 2 rings (SSSR count). The van der Waals surface area contributed by atoms with Gasteiger partial charge in [-0.05, 0) is 37.1 Å². The number of nitrogens with one attached hydrogen (secondary N) is 1. The predicted octanol–water partition coefficient (Wildman–Crippen LogP) is 2.08. The van der Waals surface area contributed by atoms with E-state index in [-0.39, 0.29) is 17.9 Å². The number of anilines is 1. The number of hydrogen-bond acceptors (Lipinski definition) is 3. The van der Waals surface area contributed by atoms with Crippen LogP contribution in [0.4, 0.5) is 14.9 Å². The van der Waals surface area contributed by atoms with E-state index in [0.29, 0.717) is 13.2 Å². The summed E-state index contributed by atoms with van der Waals surface area (Å²) in [5, 5.41) is 2.84. The lowest BCUT2D eigenvalue weighted by Crippen LogP contribution is -2.49. The summed E-state index contributed by atoms with van der Waals surface area (Å²) in [7, 11) is 3.45. The Hall–Kier alpha value is -1.82. The van der Waals surface area contributed by atoms with E-state index in [2.05, 4.69) is 10.2 Å². The Kier molecular flexibility index (Phi) is 6.00. The average Bonchev–Trinajstić information content (AvgIpc) is 2.55. The fraction of sp³-hybridized carbons (Fsp3) is 0.562. The number of benzene rings is 1. The highest BCUT2D eigenvalue weighted by Crippen LogP contribution is 2.22. The summed E-state index contributed by atoms with van der Waals surface area (Å²) < 4.78 is 17.9. The zero-order chi connectivity index (χ0) is 15.9. The van der Waals surface area contributed by atoms with Gasteiger partial charge >= 0.3 is 6.03 Å². The number of urea groups is 1. The van der Waals surface area contributed by atoms with Gasteiger partial charge in [-0.2, -0.15) is 0 Å². The van der Waals surface area contributed by atoms with Crippen LogP contribution in [0, 0.1) is 5.82 Å². The molecule has 6 heteroatoms. The smallest absolute Gasteiger partial charge is 0.317 e. The molecule has 1 aromatic carbocycles. The molecule has 2 amide bonds. The minimum absolute atomic E-state index is 0.0581. The summed E-state index contributed by atoms with van der Waals surface area (Å²) in [4.78, 5) is 16.0. The number of methoxy groups -OCH3 is 1. The van der Waals surface area contributed by atoms with E-state index in [1.807, 2.05) is 7.05 Å². The molecule has 22 heavy (non-hydrogen) atoms. The van der Waals surface area contributed by atoms with Crippen molar-refractivity contribution in [3.8, 4) is 0 Å². The zero-order valence-electron chi connectivity index (χ0n) is 13.2. The third-order valence-electron chi connectivity index (χ3n) is 4.11. The minimum Gasteiger partial charge on any atom is -0.383 e. The largest absolute Gasteiger partial charge is 0.383 e. The molecule has 122 valence electrons. The van der Waals surface area contributed by atoms with Crippen molar-refractivity contribution >= 4 is 11.7 Å². The van der Waals surface area contributed by atoms with Crippen LogP contribution in [-0.4, -0.2) is 57.4 Å². The molecule has 1 fully saturated rings. The fourth-order valence-electron chi connectivity index (χ4n) is 2.71. The van der Waals surface area contributed by atoms with Crippen molar-refractivity contribution in [2.75, 3.05) is 45.3 Å². The van der Waals surface area contributed by atoms with Crippen molar-refractivity contribution in [3.05, 3.63) is 30.1 Å². The van der Waals surface area contributed by atoms with E-state index in [1.165, 1.54) is 12.1 Å². The number of halogens is 1. The number of hydrogen-bond donors (Lipinski definition) is 1. The van der Waals surface area contributed by atoms with Crippen molar-refractivity contribution in [1.82, 2.24) is 10.2 Å². The van der Waals surface area contributed by atoms with Crippen LogP contribution in [0.15, 0.2) is 24.3 Å². The highest BCUT2D eigenvalue weighted by molar-refractivity contribution is 5.74. The molecule has 0 saturated carbocycles. The van der Waals surface area contributed by atoms with Gasteiger partial charge < -0.3 is 19.9 Å². The first-order valence-electron chi connectivity index (χ1n) is 7.62. The molecule has 0 radical (unpaired) electrons. The second-order valence-electron chi connectivity index (χ2n) is 5.53. The maximum Gasteiger partial charge on any atom is 0.317 e. The summed E-state index contributed by atoms with van der Waals surface area (Å²) in [5.74, 6) is -0.217. The monoisotopic (exact) mass is 309 g/mol. The van der Waals surface area contributed by atoms with Gasteiger partial charge in [-0.25, -0.2) is 9.18 Å². The molecule has 0 spiro atoms. The first-order chi connectivity index (χ1) is 10.6. The molecule has 0 aromatic heterocycles. The second kappa shape index (κ2) is 7.98. The topological polar surface area (TPSA) is 44.8 Å². The number of nitrogens with zero attached hydrogens (tertiary/aromatic N) is 2. The highest BCUT2D eigenvalue weighted by atomic mass is 19.1. The Morgan fingerprint density at radius 1 is 1.36 bits per heavy atom. The van der Waals surface area contributed by atoms with Crippen molar-refractivity contribution in [3.63, 3.8) is 0 Å². The van der Waals surface area contributed by atoms with Crippen LogP contribution in [0.25, 0.3) is 0 Å². The lowest BCUT2D eigenvalue weighted by atomic mass is 10.0. The molecule has 1 aliphatic heterocycles. The quantitative estimate of drug-likeness (QED) is 0.847. The molecule has 1 aliphatic rings. The van der Waals surface area contributed by atoms with Gasteiger partial charge in [-0.3, -0.25) is 0 Å². The van der Waals surface area contributed by atoms with Gasteiger partial charge in [0.25, 0.3) is 0 Å². The van der Waals surface area contributed by atoms with E-state index in [1.54, 1.807) is 24.1 Å². The van der Waals surface area contributed by atoms with E-state index in [4.69, 9.17) is 4.74 Å². The molecular weight excluding hydrogens is 285 g/mol. The molecular formula is C16H24FN3O2. The summed E-state index contributed by atoms with van der Waals surface area (Å²) in [6.45, 7) is 2.77. The average molecular weight is 309 g/mol. The van der Waals surface area contributed by atoms with Crippen LogP contribution in [-0.2, 0) is 4.74 Å². The molecule has 0 aliphatic carbocycles. The minimum atomic E-state index is -0.217. The van der Waals surface area contributed by atoms with Gasteiger partial charge in [0.1, 0.15) is 5.82 Å². The molecule has 1 saturated heterocycles. The first-order valence-corrected chi connectivity index (χ1v) is 7.62. The van der Waals surface area contributed by atoms with Gasteiger partial charge in [0.2, 0.25) is 0 Å². The van der Waals surface area contributed by atoms with Crippen molar-refractivity contribution in [2.24, 2.45) is 0 Å².